The highest BCUT2D eigenvalue weighted by Crippen LogP contribution is 2.38. The van der Waals surface area contributed by atoms with Crippen molar-refractivity contribution < 1.29 is 28.2 Å². The number of carboxylic acid groups (broad SMARTS) is 2. The number of halogens is 1. The first-order chi connectivity index (χ1) is 22.1. The normalized spacial score (nSPS) is 19.5. The molecule has 0 amide bonds. The number of rotatable bonds is 8. The van der Waals surface area contributed by atoms with E-state index in [9.17, 15) is 8.42 Å². The lowest BCUT2D eigenvalue weighted by molar-refractivity contribution is -0.159. The number of carboxylic acids is 2. The van der Waals surface area contributed by atoms with Crippen LogP contribution < -0.4 is 4.72 Å². The van der Waals surface area contributed by atoms with E-state index in [1.807, 2.05) is 24.3 Å². The first-order valence-corrected chi connectivity index (χ1v) is 16.9. The number of fused-ring (bicyclic) bond motifs is 2. The molecule has 2 heterocycles. The number of hydrogen-bond donors (Lipinski definition) is 3. The summed E-state index contributed by atoms with van der Waals surface area (Å²) in [7, 11) is -3.66. The maximum atomic E-state index is 12.7. The molecule has 9 nitrogen and oxygen atoms in total. The second-order valence-corrected chi connectivity index (χ2v) is 13.5. The predicted octanol–water partition coefficient (Wildman–Crippen LogP) is 5.78. The van der Waals surface area contributed by atoms with Crippen molar-refractivity contribution in [3.8, 4) is 0 Å². The molecule has 2 aliphatic rings. The number of anilines is 1. The Morgan fingerprint density at radius 1 is 0.783 bits per heavy atom. The van der Waals surface area contributed by atoms with Gasteiger partial charge in [-0.25, -0.2) is 18.0 Å². The van der Waals surface area contributed by atoms with Crippen molar-refractivity contribution in [3.05, 3.63) is 131 Å². The molecular weight excluding hydrogens is 626 g/mol. The number of hydrogen-bond acceptors (Lipinski definition) is 6. The van der Waals surface area contributed by atoms with Crippen molar-refractivity contribution in [2.24, 2.45) is 0 Å². The van der Waals surface area contributed by atoms with Crippen molar-refractivity contribution >= 4 is 39.3 Å². The first-order valence-electron chi connectivity index (χ1n) is 15.0. The van der Waals surface area contributed by atoms with Crippen LogP contribution in [0.1, 0.15) is 35.4 Å². The van der Waals surface area contributed by atoms with E-state index >= 15 is 0 Å². The highest BCUT2D eigenvalue weighted by atomic mass is 35.5. The minimum Gasteiger partial charge on any atom is -0.473 e. The van der Waals surface area contributed by atoms with Gasteiger partial charge < -0.3 is 10.2 Å². The standard InChI is InChI=1S/C33H34ClN3O2S.C2H2O4/c34-28-13-18-31(19-14-28)40(38,39)35-29-15-11-25(12-16-29)23-36-21-22-37-24-30(36)17-20-32(37)33(26-7-3-1-4-8-26)27-9-5-2-6-10-27;3-1(4)2(5)6/h1-16,18-19,30,32-33,35H,17,20-24H2;(H,3,4)(H,5,6)/t30-,32-;/m1./s1. The average molecular weight is 662 g/mol. The van der Waals surface area contributed by atoms with Crippen LogP contribution in [0.4, 0.5) is 5.69 Å². The number of piperazine rings is 1. The molecule has 2 saturated heterocycles. The van der Waals surface area contributed by atoms with Gasteiger partial charge in [-0.15, -0.1) is 0 Å². The maximum absolute atomic E-state index is 12.7. The van der Waals surface area contributed by atoms with Crippen LogP contribution in [0, 0.1) is 0 Å². The third-order valence-corrected chi connectivity index (χ3v) is 10.2. The molecule has 46 heavy (non-hydrogen) atoms. The average Bonchev–Trinajstić information content (AvgIpc) is 3.06. The maximum Gasteiger partial charge on any atom is 0.414 e. The van der Waals surface area contributed by atoms with E-state index in [0.29, 0.717) is 28.7 Å². The van der Waals surface area contributed by atoms with E-state index in [1.165, 1.54) is 41.7 Å². The van der Waals surface area contributed by atoms with Crippen LogP contribution in [0.15, 0.2) is 114 Å². The summed E-state index contributed by atoms with van der Waals surface area (Å²) in [6.07, 6.45) is 2.34. The van der Waals surface area contributed by atoms with Gasteiger partial charge in [0.25, 0.3) is 10.0 Å². The third kappa shape index (κ3) is 8.32. The van der Waals surface area contributed by atoms with Crippen molar-refractivity contribution in [1.82, 2.24) is 9.80 Å². The van der Waals surface area contributed by atoms with Gasteiger partial charge in [0.15, 0.2) is 0 Å². The van der Waals surface area contributed by atoms with E-state index in [-0.39, 0.29) is 4.90 Å². The molecule has 2 fully saturated rings. The molecule has 4 aromatic rings. The van der Waals surface area contributed by atoms with Crippen molar-refractivity contribution in [2.45, 2.75) is 42.3 Å². The Bertz CT molecular complexity index is 1670. The number of sulfonamides is 1. The number of piperidine rings is 1. The van der Waals surface area contributed by atoms with E-state index < -0.39 is 22.0 Å². The van der Waals surface area contributed by atoms with Crippen LogP contribution in [0.3, 0.4) is 0 Å². The zero-order chi connectivity index (χ0) is 32.7. The molecule has 3 N–H and O–H groups in total. The van der Waals surface area contributed by atoms with E-state index in [2.05, 4.69) is 75.2 Å². The third-order valence-electron chi connectivity index (χ3n) is 8.50. The smallest absolute Gasteiger partial charge is 0.414 e. The highest BCUT2D eigenvalue weighted by Gasteiger charge is 2.39. The molecule has 240 valence electrons. The van der Waals surface area contributed by atoms with Crippen LogP contribution in [-0.4, -0.2) is 72.1 Å². The molecule has 0 radical (unpaired) electrons. The second-order valence-electron chi connectivity index (χ2n) is 11.4. The summed E-state index contributed by atoms with van der Waals surface area (Å²) in [5.41, 5.74) is 4.53. The fourth-order valence-electron chi connectivity index (χ4n) is 6.32. The first kappa shape index (κ1) is 33.2. The van der Waals surface area contributed by atoms with Crippen LogP contribution in [0.25, 0.3) is 0 Å². The molecule has 2 bridgehead atoms. The van der Waals surface area contributed by atoms with Gasteiger partial charge in [-0.3, -0.25) is 14.5 Å². The summed E-state index contributed by atoms with van der Waals surface area (Å²) >= 11 is 5.90. The Morgan fingerprint density at radius 3 is 1.89 bits per heavy atom. The zero-order valence-corrected chi connectivity index (χ0v) is 26.6. The number of nitrogens with zero attached hydrogens (tertiary/aromatic N) is 2. The van der Waals surface area contributed by atoms with Crippen molar-refractivity contribution in [3.63, 3.8) is 0 Å². The summed E-state index contributed by atoms with van der Waals surface area (Å²) in [4.78, 5) is 23.7. The lowest BCUT2D eigenvalue weighted by Gasteiger charge is -2.51. The fourth-order valence-corrected chi connectivity index (χ4v) is 7.51. The molecule has 1 unspecified atom stereocenters. The Morgan fingerprint density at radius 2 is 1.35 bits per heavy atom. The van der Waals surface area contributed by atoms with Crippen LogP contribution >= 0.6 is 11.6 Å². The molecule has 0 spiro atoms. The van der Waals surface area contributed by atoms with Gasteiger partial charge in [0.2, 0.25) is 0 Å². The molecule has 0 aromatic heterocycles. The van der Waals surface area contributed by atoms with Gasteiger partial charge in [-0.1, -0.05) is 84.4 Å². The van der Waals surface area contributed by atoms with Crippen molar-refractivity contribution in [1.29, 1.82) is 0 Å². The summed E-state index contributed by atoms with van der Waals surface area (Å²) in [5.74, 6) is -3.27. The van der Waals surface area contributed by atoms with Gasteiger partial charge in [0, 0.05) is 54.9 Å². The summed E-state index contributed by atoms with van der Waals surface area (Å²) in [6, 6.07) is 36.9. The van der Waals surface area contributed by atoms with E-state index in [4.69, 9.17) is 31.4 Å². The van der Waals surface area contributed by atoms with Crippen LogP contribution in [0.2, 0.25) is 5.02 Å². The number of aliphatic carboxylic acids is 2. The van der Waals surface area contributed by atoms with Gasteiger partial charge in [0.05, 0.1) is 4.90 Å². The minimum atomic E-state index is -3.66. The van der Waals surface area contributed by atoms with Crippen LogP contribution in [0.5, 0.6) is 0 Å². The van der Waals surface area contributed by atoms with Gasteiger partial charge in [-0.05, 0) is 65.9 Å². The quantitative estimate of drug-likeness (QED) is 0.203. The molecule has 4 aromatic carbocycles. The van der Waals surface area contributed by atoms with E-state index in [0.717, 1.165) is 26.2 Å². The minimum absolute atomic E-state index is 0.191. The highest BCUT2D eigenvalue weighted by molar-refractivity contribution is 7.92. The van der Waals surface area contributed by atoms with E-state index in [1.54, 1.807) is 12.1 Å². The van der Waals surface area contributed by atoms with Gasteiger partial charge >= 0.3 is 11.9 Å². The predicted molar refractivity (Wildman–Crippen MR) is 177 cm³/mol. The topological polar surface area (TPSA) is 127 Å². The Balaban J connectivity index is 0.000000635. The Hall–Kier alpha value is -4.22. The zero-order valence-electron chi connectivity index (χ0n) is 25.1. The van der Waals surface area contributed by atoms with Crippen molar-refractivity contribution in [2.75, 3.05) is 24.4 Å². The Kier molecular flexibility index (Phi) is 10.7. The lowest BCUT2D eigenvalue weighted by atomic mass is 9.79. The Labute approximate surface area is 274 Å². The molecule has 0 saturated carbocycles. The largest absolute Gasteiger partial charge is 0.473 e. The molecule has 6 rings (SSSR count). The summed E-state index contributed by atoms with van der Waals surface area (Å²) in [5, 5.41) is 15.3. The number of benzene rings is 4. The molecule has 0 aliphatic carbocycles. The molecule has 2 aliphatic heterocycles. The lowest BCUT2D eigenvalue weighted by Crippen LogP contribution is -2.60. The second kappa shape index (κ2) is 14.9. The van der Waals surface area contributed by atoms with Gasteiger partial charge in [-0.2, -0.15) is 0 Å². The van der Waals surface area contributed by atoms with Gasteiger partial charge in [0.1, 0.15) is 0 Å². The number of carbonyl (C=O) groups is 2. The number of nitrogens with one attached hydrogen (secondary N) is 1. The molecular formula is C35H36ClN3O6S. The molecule has 11 heteroatoms. The monoisotopic (exact) mass is 661 g/mol. The van der Waals surface area contributed by atoms with Crippen LogP contribution in [-0.2, 0) is 26.2 Å². The molecule has 3 atom stereocenters. The SMILES string of the molecule is O=C(O)C(=O)O.O=S(=O)(Nc1ccc(CN2CCN3C[C@H]2CC[C@@H]3C(c2ccccc2)c2ccccc2)cc1)c1ccc(Cl)cc1. The summed E-state index contributed by atoms with van der Waals surface area (Å²) < 4.78 is 28.1. The summed E-state index contributed by atoms with van der Waals surface area (Å²) in [6.45, 7) is 4.03. The fraction of sp³-hybridized carbons (Fsp3) is 0.257.